The van der Waals surface area contributed by atoms with Gasteiger partial charge < -0.3 is 4.90 Å². The second-order valence-electron chi connectivity index (χ2n) is 8.51. The summed E-state index contributed by atoms with van der Waals surface area (Å²) in [5.74, 6) is 0.818. The first-order valence-corrected chi connectivity index (χ1v) is 11.3. The average Bonchev–Trinajstić information content (AvgIpc) is 3.30. The fourth-order valence-corrected chi connectivity index (χ4v) is 6.05. The number of thiazole rings is 1. The van der Waals surface area contributed by atoms with Crippen molar-refractivity contribution in [3.05, 3.63) is 47.0 Å². The lowest BCUT2D eigenvalue weighted by Crippen LogP contribution is -2.43. The molecule has 27 heavy (non-hydrogen) atoms. The Morgan fingerprint density at radius 3 is 2.67 bits per heavy atom. The molecule has 2 aromatic rings. The molecule has 0 N–H and O–H groups in total. The highest BCUT2D eigenvalue weighted by Gasteiger charge is 2.35. The highest BCUT2D eigenvalue weighted by atomic mass is 32.1. The van der Waals surface area contributed by atoms with Crippen LogP contribution in [0, 0.1) is 5.92 Å². The van der Waals surface area contributed by atoms with E-state index in [1.807, 2.05) is 11.3 Å². The lowest BCUT2D eigenvalue weighted by molar-refractivity contribution is 0.124. The van der Waals surface area contributed by atoms with E-state index >= 15 is 0 Å². The number of rotatable bonds is 5. The van der Waals surface area contributed by atoms with Gasteiger partial charge in [0.1, 0.15) is 0 Å². The van der Waals surface area contributed by atoms with E-state index in [1.165, 1.54) is 74.0 Å². The molecule has 4 fully saturated rings. The number of piperidine rings is 1. The molecule has 0 spiro atoms. The lowest BCUT2D eigenvalue weighted by Gasteiger charge is -2.35. The summed E-state index contributed by atoms with van der Waals surface area (Å²) in [6.07, 6.45) is 7.53. The first kappa shape index (κ1) is 17.7. The summed E-state index contributed by atoms with van der Waals surface area (Å²) < 4.78 is 0. The molecule has 0 radical (unpaired) electrons. The topological polar surface area (TPSA) is 22.6 Å². The van der Waals surface area contributed by atoms with E-state index < -0.39 is 0 Å². The minimum absolute atomic E-state index is 0.699. The van der Waals surface area contributed by atoms with Gasteiger partial charge in [-0.25, -0.2) is 4.98 Å². The molecule has 1 aromatic heterocycles. The normalized spacial score (nSPS) is 26.6. The average molecular weight is 383 g/mol. The minimum Gasteiger partial charge on any atom is -0.348 e. The van der Waals surface area contributed by atoms with Crippen molar-refractivity contribution in [2.45, 2.75) is 44.8 Å². The maximum atomic E-state index is 4.73. The van der Waals surface area contributed by atoms with Crippen LogP contribution in [0.1, 0.15) is 36.1 Å². The zero-order valence-electron chi connectivity index (χ0n) is 16.1. The van der Waals surface area contributed by atoms with Crippen molar-refractivity contribution in [3.8, 4) is 0 Å². The molecule has 0 aliphatic carbocycles. The van der Waals surface area contributed by atoms with Crippen LogP contribution in [0.5, 0.6) is 0 Å². The molecule has 5 heterocycles. The molecule has 4 aliphatic heterocycles. The first-order valence-electron chi connectivity index (χ1n) is 10.5. The van der Waals surface area contributed by atoms with Gasteiger partial charge in [0, 0.05) is 62.9 Å². The van der Waals surface area contributed by atoms with Crippen molar-refractivity contribution in [1.82, 2.24) is 14.8 Å². The summed E-state index contributed by atoms with van der Waals surface area (Å²) >= 11 is 1.92. The smallest absolute Gasteiger partial charge is 0.185 e. The molecule has 1 aromatic carbocycles. The second kappa shape index (κ2) is 7.90. The summed E-state index contributed by atoms with van der Waals surface area (Å²) in [5, 5.41) is 1.24. The molecule has 2 atom stereocenters. The predicted octanol–water partition coefficient (Wildman–Crippen LogP) is 3.84. The zero-order valence-corrected chi connectivity index (χ0v) is 16.9. The Labute approximate surface area is 166 Å². The zero-order chi connectivity index (χ0) is 18.1. The number of aromatic nitrogens is 1. The van der Waals surface area contributed by atoms with Gasteiger partial charge in [0.2, 0.25) is 0 Å². The monoisotopic (exact) mass is 382 g/mol. The van der Waals surface area contributed by atoms with Gasteiger partial charge in [0.15, 0.2) is 5.13 Å². The molecule has 5 heteroatoms. The van der Waals surface area contributed by atoms with E-state index in [0.717, 1.165) is 19.0 Å². The molecule has 144 valence electrons. The summed E-state index contributed by atoms with van der Waals surface area (Å²) in [6, 6.07) is 11.7. The number of nitrogens with zero attached hydrogens (tertiary/aromatic N) is 4. The lowest BCUT2D eigenvalue weighted by atomic mass is 9.95. The predicted molar refractivity (Wildman–Crippen MR) is 112 cm³/mol. The van der Waals surface area contributed by atoms with Gasteiger partial charge >= 0.3 is 0 Å². The standard InChI is InChI=1S/C22H30N4S/c1-2-6-18(7-3-1)13-24-14-19-8-9-20(16-24)26(15-19)17-21-12-23-22(27-21)25-10-4-5-11-25/h1-3,6-7,12,19-20H,4-5,8-11,13-17H2/t19-,20+/m0/s1. The SMILES string of the molecule is c1ccc(CN2C[C@@H]3CC[C@H](C2)N(Cc2cnc(N4CCCC4)s2)C3)cc1. The number of anilines is 1. The maximum Gasteiger partial charge on any atom is 0.185 e. The number of hydrogen-bond acceptors (Lipinski definition) is 5. The molecule has 0 amide bonds. The van der Waals surface area contributed by atoms with Crippen molar-refractivity contribution in [2.75, 3.05) is 37.6 Å². The van der Waals surface area contributed by atoms with Crippen LogP contribution in [0.2, 0.25) is 0 Å². The van der Waals surface area contributed by atoms with Gasteiger partial charge in [0.05, 0.1) is 0 Å². The third-order valence-electron chi connectivity index (χ3n) is 6.43. The Kier molecular flexibility index (Phi) is 5.16. The van der Waals surface area contributed by atoms with Crippen LogP contribution in [0.15, 0.2) is 36.5 Å². The van der Waals surface area contributed by atoms with Crippen LogP contribution < -0.4 is 4.90 Å². The second-order valence-corrected chi connectivity index (χ2v) is 9.60. The van der Waals surface area contributed by atoms with E-state index in [1.54, 1.807) is 0 Å². The number of fused-ring (bicyclic) bond motifs is 4. The largest absolute Gasteiger partial charge is 0.348 e. The molecule has 2 bridgehead atoms. The van der Waals surface area contributed by atoms with Gasteiger partial charge in [-0.1, -0.05) is 30.3 Å². The summed E-state index contributed by atoms with van der Waals surface area (Å²) in [6.45, 7) is 8.29. The van der Waals surface area contributed by atoms with Crippen LogP contribution in [0.4, 0.5) is 5.13 Å². The molecule has 0 unspecified atom stereocenters. The van der Waals surface area contributed by atoms with Gasteiger partial charge in [-0.05, 0) is 37.2 Å². The Morgan fingerprint density at radius 2 is 1.81 bits per heavy atom. The van der Waals surface area contributed by atoms with E-state index in [0.29, 0.717) is 6.04 Å². The van der Waals surface area contributed by atoms with E-state index in [9.17, 15) is 0 Å². The minimum atomic E-state index is 0.699. The van der Waals surface area contributed by atoms with Crippen molar-refractivity contribution in [1.29, 1.82) is 0 Å². The Hall–Kier alpha value is -1.43. The maximum absolute atomic E-state index is 4.73. The number of hydrogen-bond donors (Lipinski definition) is 0. The van der Waals surface area contributed by atoms with Crippen molar-refractivity contribution >= 4 is 16.5 Å². The van der Waals surface area contributed by atoms with E-state index in [-0.39, 0.29) is 0 Å². The van der Waals surface area contributed by atoms with Crippen LogP contribution in [-0.4, -0.2) is 53.5 Å². The quantitative estimate of drug-likeness (QED) is 0.784. The van der Waals surface area contributed by atoms with E-state index in [2.05, 4.69) is 51.2 Å². The van der Waals surface area contributed by atoms with Crippen molar-refractivity contribution in [3.63, 3.8) is 0 Å². The van der Waals surface area contributed by atoms with Gasteiger partial charge in [-0.2, -0.15) is 0 Å². The van der Waals surface area contributed by atoms with E-state index in [4.69, 9.17) is 4.98 Å². The molecular formula is C22H30N4S. The van der Waals surface area contributed by atoms with Gasteiger partial charge in [-0.3, -0.25) is 9.80 Å². The van der Waals surface area contributed by atoms with Crippen LogP contribution >= 0.6 is 11.3 Å². The Morgan fingerprint density at radius 1 is 0.963 bits per heavy atom. The molecule has 0 saturated carbocycles. The molecule has 4 nitrogen and oxygen atoms in total. The van der Waals surface area contributed by atoms with Crippen molar-refractivity contribution < 1.29 is 0 Å². The molecule has 4 saturated heterocycles. The molecule has 6 rings (SSSR count). The third kappa shape index (κ3) is 4.05. The van der Waals surface area contributed by atoms with Gasteiger partial charge in [-0.15, -0.1) is 11.3 Å². The number of benzene rings is 1. The molecular weight excluding hydrogens is 352 g/mol. The highest BCUT2D eigenvalue weighted by molar-refractivity contribution is 7.15. The van der Waals surface area contributed by atoms with Crippen molar-refractivity contribution in [2.24, 2.45) is 5.92 Å². The fourth-order valence-electron chi connectivity index (χ4n) is 5.07. The first-order chi connectivity index (χ1) is 13.3. The summed E-state index contributed by atoms with van der Waals surface area (Å²) in [5.41, 5.74) is 1.45. The van der Waals surface area contributed by atoms with Gasteiger partial charge in [0.25, 0.3) is 0 Å². The van der Waals surface area contributed by atoms with Crippen LogP contribution in [0.3, 0.4) is 0 Å². The summed E-state index contributed by atoms with van der Waals surface area (Å²) in [7, 11) is 0. The summed E-state index contributed by atoms with van der Waals surface area (Å²) in [4.78, 5) is 14.1. The molecule has 4 aliphatic rings. The van der Waals surface area contributed by atoms with Crippen LogP contribution in [-0.2, 0) is 13.1 Å². The fraction of sp³-hybridized carbons (Fsp3) is 0.591. The Balaban J connectivity index is 1.24. The Bertz CT molecular complexity index is 740. The van der Waals surface area contributed by atoms with Crippen LogP contribution in [0.25, 0.3) is 0 Å². The third-order valence-corrected chi connectivity index (χ3v) is 7.47. The highest BCUT2D eigenvalue weighted by Crippen LogP contribution is 2.32.